The highest BCUT2D eigenvalue weighted by atomic mass is 32.2. The molecule has 1 aromatic rings. The molecule has 0 aliphatic carbocycles. The molecule has 114 valence electrons. The molecule has 5 nitrogen and oxygen atoms in total. The van der Waals surface area contributed by atoms with E-state index in [9.17, 15) is 13.2 Å². The van der Waals surface area contributed by atoms with Gasteiger partial charge in [-0.1, -0.05) is 30.3 Å². The van der Waals surface area contributed by atoms with Gasteiger partial charge in [0.1, 0.15) is 0 Å². The summed E-state index contributed by atoms with van der Waals surface area (Å²) in [5, 5.41) is 0. The summed E-state index contributed by atoms with van der Waals surface area (Å²) in [6.07, 6.45) is 5.11. The fraction of sp³-hybridized carbons (Fsp3) is 0.400. The molecule has 6 heteroatoms. The highest BCUT2D eigenvalue weighted by Gasteiger charge is 2.22. The molecule has 1 amide bonds. The van der Waals surface area contributed by atoms with Crippen LogP contribution in [0.15, 0.2) is 36.4 Å². The minimum absolute atomic E-state index is 0.169. The third-order valence-electron chi connectivity index (χ3n) is 3.16. The van der Waals surface area contributed by atoms with Crippen molar-refractivity contribution in [2.24, 2.45) is 0 Å². The Bertz CT molecular complexity index is 589. The first-order valence-electron chi connectivity index (χ1n) is 6.94. The van der Waals surface area contributed by atoms with Crippen LogP contribution in [-0.4, -0.2) is 32.8 Å². The van der Waals surface area contributed by atoms with E-state index >= 15 is 0 Å². The number of nitrogens with one attached hydrogen (secondary N) is 1. The molecule has 0 spiro atoms. The number of carbonyl (C=O) groups excluding carboxylic acids is 1. The van der Waals surface area contributed by atoms with Crippen molar-refractivity contribution in [3.63, 3.8) is 0 Å². The number of carbonyl (C=O) groups is 1. The van der Waals surface area contributed by atoms with E-state index in [0.29, 0.717) is 6.61 Å². The molecule has 1 N–H and O–H groups in total. The van der Waals surface area contributed by atoms with Crippen molar-refractivity contribution in [3.05, 3.63) is 42.0 Å². The smallest absolute Gasteiger partial charge is 0.257 e. The molecule has 1 aliphatic rings. The van der Waals surface area contributed by atoms with Gasteiger partial charge in [0, 0.05) is 12.7 Å². The highest BCUT2D eigenvalue weighted by molar-refractivity contribution is 7.90. The Morgan fingerprint density at radius 2 is 2.05 bits per heavy atom. The molecule has 0 unspecified atom stereocenters. The summed E-state index contributed by atoms with van der Waals surface area (Å²) >= 11 is 0. The number of hydrogen-bond acceptors (Lipinski definition) is 4. The van der Waals surface area contributed by atoms with Gasteiger partial charge in [0.2, 0.25) is 10.0 Å². The van der Waals surface area contributed by atoms with Crippen molar-refractivity contribution >= 4 is 22.0 Å². The normalized spacial score (nSPS) is 19.5. The summed E-state index contributed by atoms with van der Waals surface area (Å²) < 4.78 is 31.2. The third-order valence-corrected chi connectivity index (χ3v) is 4.48. The fourth-order valence-electron chi connectivity index (χ4n) is 2.15. The van der Waals surface area contributed by atoms with Gasteiger partial charge in [-0.05, 0) is 30.9 Å². The second-order valence-corrected chi connectivity index (χ2v) is 6.75. The van der Waals surface area contributed by atoms with Gasteiger partial charge in [0.05, 0.1) is 11.9 Å². The maximum Gasteiger partial charge on any atom is 0.257 e. The van der Waals surface area contributed by atoms with Crippen molar-refractivity contribution in [2.45, 2.75) is 25.4 Å². The SMILES string of the molecule is O=C(/C=C/c1ccccc1)NS(=O)(=O)C[C@@H]1CCCCO1. The van der Waals surface area contributed by atoms with E-state index < -0.39 is 15.9 Å². The minimum atomic E-state index is -3.66. The predicted molar refractivity (Wildman–Crippen MR) is 81.0 cm³/mol. The lowest BCUT2D eigenvalue weighted by atomic mass is 10.1. The maximum atomic E-state index is 11.9. The first kappa shape index (κ1) is 15.7. The van der Waals surface area contributed by atoms with Crippen molar-refractivity contribution < 1.29 is 17.9 Å². The van der Waals surface area contributed by atoms with Crippen LogP contribution in [0, 0.1) is 0 Å². The number of hydrogen-bond donors (Lipinski definition) is 1. The molecule has 0 radical (unpaired) electrons. The number of rotatable bonds is 5. The second kappa shape index (κ2) is 7.38. The van der Waals surface area contributed by atoms with Crippen molar-refractivity contribution in [1.29, 1.82) is 0 Å². The molecule has 0 bridgehead atoms. The minimum Gasteiger partial charge on any atom is -0.377 e. The van der Waals surface area contributed by atoms with Gasteiger partial charge in [-0.15, -0.1) is 0 Å². The zero-order valence-electron chi connectivity index (χ0n) is 11.7. The Balaban J connectivity index is 1.87. The summed E-state index contributed by atoms with van der Waals surface area (Å²) in [5.74, 6) is -0.813. The van der Waals surface area contributed by atoms with Gasteiger partial charge in [-0.2, -0.15) is 0 Å². The zero-order valence-corrected chi connectivity index (χ0v) is 12.5. The van der Waals surface area contributed by atoms with Crippen LogP contribution in [-0.2, 0) is 19.6 Å². The Hall–Kier alpha value is -1.66. The summed E-state index contributed by atoms with van der Waals surface area (Å²) in [6.45, 7) is 0.585. The van der Waals surface area contributed by atoms with Crippen LogP contribution in [0.25, 0.3) is 6.08 Å². The Morgan fingerprint density at radius 1 is 1.29 bits per heavy atom. The van der Waals surface area contributed by atoms with E-state index in [0.717, 1.165) is 24.8 Å². The van der Waals surface area contributed by atoms with E-state index in [2.05, 4.69) is 0 Å². The maximum absolute atomic E-state index is 11.9. The second-order valence-electron chi connectivity index (χ2n) is 4.98. The average Bonchev–Trinajstić information content (AvgIpc) is 2.46. The third kappa shape index (κ3) is 5.69. The van der Waals surface area contributed by atoms with E-state index in [4.69, 9.17) is 4.74 Å². The molecule has 1 aliphatic heterocycles. The molecular weight excluding hydrogens is 290 g/mol. The van der Waals surface area contributed by atoms with E-state index in [1.165, 1.54) is 6.08 Å². The monoisotopic (exact) mass is 309 g/mol. The summed E-state index contributed by atoms with van der Waals surface area (Å²) in [4.78, 5) is 11.7. The average molecular weight is 309 g/mol. The number of amides is 1. The number of sulfonamides is 1. The summed E-state index contributed by atoms with van der Waals surface area (Å²) in [7, 11) is -3.66. The molecule has 1 heterocycles. The number of ether oxygens (including phenoxy) is 1. The number of benzene rings is 1. The zero-order chi connectivity index (χ0) is 15.1. The van der Waals surface area contributed by atoms with Crippen molar-refractivity contribution in [1.82, 2.24) is 4.72 Å². The molecule has 1 atom stereocenters. The van der Waals surface area contributed by atoms with Crippen LogP contribution >= 0.6 is 0 Å². The standard InChI is InChI=1S/C15H19NO4S/c17-15(10-9-13-6-2-1-3-7-13)16-21(18,19)12-14-8-4-5-11-20-14/h1-3,6-7,9-10,14H,4-5,8,11-12H2,(H,16,17)/b10-9+/t14-/m0/s1. The quantitative estimate of drug-likeness (QED) is 0.841. The molecule has 1 aromatic carbocycles. The van der Waals surface area contributed by atoms with Gasteiger partial charge in [0.25, 0.3) is 5.91 Å². The lowest BCUT2D eigenvalue weighted by Gasteiger charge is -2.22. The van der Waals surface area contributed by atoms with Crippen LogP contribution < -0.4 is 4.72 Å². The summed E-state index contributed by atoms with van der Waals surface area (Å²) in [5.41, 5.74) is 0.834. The van der Waals surface area contributed by atoms with Crippen LogP contribution in [0.2, 0.25) is 0 Å². The Morgan fingerprint density at radius 3 is 2.71 bits per heavy atom. The van der Waals surface area contributed by atoms with Gasteiger partial charge in [0.15, 0.2) is 0 Å². The van der Waals surface area contributed by atoms with Crippen LogP contribution in [0.5, 0.6) is 0 Å². The Kier molecular flexibility index (Phi) is 5.52. The fourth-order valence-corrected chi connectivity index (χ4v) is 3.36. The topological polar surface area (TPSA) is 72.5 Å². The molecule has 1 saturated heterocycles. The molecule has 2 rings (SSSR count). The van der Waals surface area contributed by atoms with Gasteiger partial charge >= 0.3 is 0 Å². The lowest BCUT2D eigenvalue weighted by Crippen LogP contribution is -2.37. The van der Waals surface area contributed by atoms with Gasteiger partial charge in [-0.25, -0.2) is 13.1 Å². The van der Waals surface area contributed by atoms with Crippen LogP contribution in [0.1, 0.15) is 24.8 Å². The predicted octanol–water partition coefficient (Wildman–Crippen LogP) is 1.71. The molecule has 0 aromatic heterocycles. The molecule has 0 saturated carbocycles. The Labute approximate surface area is 125 Å². The first-order chi connectivity index (χ1) is 10.1. The van der Waals surface area contributed by atoms with Crippen molar-refractivity contribution in [3.8, 4) is 0 Å². The first-order valence-corrected chi connectivity index (χ1v) is 8.59. The molecule has 1 fully saturated rings. The summed E-state index contributed by atoms with van der Waals surface area (Å²) in [6, 6.07) is 9.21. The molecular formula is C15H19NO4S. The van der Waals surface area contributed by atoms with Crippen molar-refractivity contribution in [2.75, 3.05) is 12.4 Å². The highest BCUT2D eigenvalue weighted by Crippen LogP contribution is 2.14. The van der Waals surface area contributed by atoms with Gasteiger partial charge in [-0.3, -0.25) is 4.79 Å². The van der Waals surface area contributed by atoms with E-state index in [-0.39, 0.29) is 11.9 Å². The molecule has 21 heavy (non-hydrogen) atoms. The van der Waals surface area contributed by atoms with E-state index in [1.54, 1.807) is 6.08 Å². The van der Waals surface area contributed by atoms with Crippen LogP contribution in [0.3, 0.4) is 0 Å². The van der Waals surface area contributed by atoms with E-state index in [1.807, 2.05) is 35.1 Å². The van der Waals surface area contributed by atoms with Gasteiger partial charge < -0.3 is 4.74 Å². The largest absolute Gasteiger partial charge is 0.377 e. The van der Waals surface area contributed by atoms with Crippen LogP contribution in [0.4, 0.5) is 0 Å². The lowest BCUT2D eigenvalue weighted by molar-refractivity contribution is -0.114.